The Balaban J connectivity index is 3.10. The first-order chi connectivity index (χ1) is 6.65. The highest BCUT2D eigenvalue weighted by molar-refractivity contribution is 5.89. The molecule has 0 radical (unpaired) electrons. The normalized spacial score (nSPS) is 20.9. The van der Waals surface area contributed by atoms with Crippen LogP contribution in [0.2, 0.25) is 0 Å². The molecule has 74 valence electrons. The lowest BCUT2D eigenvalue weighted by molar-refractivity contribution is -0.123. The summed E-state index contributed by atoms with van der Waals surface area (Å²) in [6.45, 7) is 13.7. The average molecular weight is 189 g/mol. The minimum absolute atomic E-state index is 0.0800. The molecule has 0 bridgehead atoms. The van der Waals surface area contributed by atoms with Crippen molar-refractivity contribution in [2.45, 2.75) is 6.92 Å². The second kappa shape index (κ2) is 4.09. The number of carbonyl (C=O) groups excluding carboxylic acids is 1. The maximum Gasteiger partial charge on any atom is 0.250 e. The van der Waals surface area contributed by atoms with E-state index in [1.54, 1.807) is 17.1 Å². The van der Waals surface area contributed by atoms with Gasteiger partial charge in [-0.2, -0.15) is 0 Å². The highest BCUT2D eigenvalue weighted by Gasteiger charge is 2.27. The Hall–Kier alpha value is -1.57. The summed E-state index contributed by atoms with van der Waals surface area (Å²) in [6, 6.07) is 0. The third kappa shape index (κ3) is 1.55. The summed E-state index contributed by atoms with van der Waals surface area (Å²) in [7, 11) is 0. The van der Waals surface area contributed by atoms with Crippen LogP contribution in [-0.2, 0) is 4.79 Å². The van der Waals surface area contributed by atoms with Gasteiger partial charge in [0.25, 0.3) is 0 Å². The smallest absolute Gasteiger partial charge is 0.250 e. The van der Waals surface area contributed by atoms with Gasteiger partial charge in [0, 0.05) is 18.2 Å². The Morgan fingerprint density at radius 3 is 2.50 bits per heavy atom. The summed E-state index contributed by atoms with van der Waals surface area (Å²) >= 11 is 0. The van der Waals surface area contributed by atoms with E-state index in [1.807, 2.05) is 0 Å². The van der Waals surface area contributed by atoms with Crippen LogP contribution in [0.25, 0.3) is 0 Å². The summed E-state index contributed by atoms with van der Waals surface area (Å²) in [4.78, 5) is 13.2. The van der Waals surface area contributed by atoms with Crippen molar-refractivity contribution in [1.29, 1.82) is 0 Å². The number of amides is 1. The van der Waals surface area contributed by atoms with Gasteiger partial charge in [-0.15, -0.1) is 0 Å². The molecule has 0 aromatic rings. The van der Waals surface area contributed by atoms with E-state index in [0.717, 1.165) is 11.3 Å². The lowest BCUT2D eigenvalue weighted by atomic mass is 10.0. The number of carbonyl (C=O) groups is 1. The largest absolute Gasteiger partial charge is 0.308 e. The Morgan fingerprint density at radius 1 is 1.43 bits per heavy atom. The highest BCUT2D eigenvalue weighted by Crippen LogP contribution is 2.29. The monoisotopic (exact) mass is 189 g/mol. The number of hydrogen-bond donors (Lipinski definition) is 0. The zero-order chi connectivity index (χ0) is 10.7. The second-order valence-corrected chi connectivity index (χ2v) is 3.30. The van der Waals surface area contributed by atoms with Gasteiger partial charge in [-0.05, 0) is 17.7 Å². The second-order valence-electron chi connectivity index (χ2n) is 3.30. The van der Waals surface area contributed by atoms with Crippen LogP contribution in [0.1, 0.15) is 6.92 Å². The average Bonchev–Trinajstić information content (AvgIpc) is 2.53. The summed E-state index contributed by atoms with van der Waals surface area (Å²) in [5.74, 6) is 0.244. The van der Waals surface area contributed by atoms with Crippen molar-refractivity contribution in [3.05, 3.63) is 49.2 Å². The molecule has 1 rings (SSSR count). The topological polar surface area (TPSA) is 20.3 Å². The number of nitrogens with zero attached hydrogens (tertiary/aromatic N) is 1. The van der Waals surface area contributed by atoms with Gasteiger partial charge in [-0.25, -0.2) is 0 Å². The van der Waals surface area contributed by atoms with Crippen molar-refractivity contribution in [1.82, 2.24) is 4.90 Å². The van der Waals surface area contributed by atoms with Crippen molar-refractivity contribution in [3.8, 4) is 0 Å². The zero-order valence-corrected chi connectivity index (χ0v) is 8.49. The van der Waals surface area contributed by atoms with Gasteiger partial charge in [-0.1, -0.05) is 32.7 Å². The van der Waals surface area contributed by atoms with Gasteiger partial charge in [-0.3, -0.25) is 4.79 Å². The maximum atomic E-state index is 11.5. The Kier molecular flexibility index (Phi) is 3.07. The SMILES string of the molecule is C=CC(=O)N1CC(C)C(C=C)=C1C=C. The van der Waals surface area contributed by atoms with Crippen LogP contribution < -0.4 is 0 Å². The molecule has 0 N–H and O–H groups in total. The number of rotatable bonds is 3. The highest BCUT2D eigenvalue weighted by atomic mass is 16.2. The predicted octanol–water partition coefficient (Wildman–Crippen LogP) is 2.28. The Bertz CT molecular complexity index is 325. The molecule has 0 spiro atoms. The van der Waals surface area contributed by atoms with Crippen LogP contribution in [0.15, 0.2) is 49.2 Å². The number of hydrogen-bond acceptors (Lipinski definition) is 1. The Morgan fingerprint density at radius 2 is 2.07 bits per heavy atom. The molecular formula is C12H15NO. The standard InChI is InChI=1S/C12H15NO/c1-5-10-9(4)8-13(11(10)6-2)12(14)7-3/h5-7,9H,1-3,8H2,4H3. The van der Waals surface area contributed by atoms with E-state index in [2.05, 4.69) is 26.7 Å². The van der Waals surface area contributed by atoms with E-state index in [1.165, 1.54) is 6.08 Å². The molecule has 0 fully saturated rings. The Labute approximate surface area is 84.9 Å². The molecule has 1 heterocycles. The fourth-order valence-corrected chi connectivity index (χ4v) is 1.73. The third-order valence-corrected chi connectivity index (χ3v) is 2.43. The molecule has 0 aromatic carbocycles. The minimum Gasteiger partial charge on any atom is -0.308 e. The first kappa shape index (κ1) is 10.5. The zero-order valence-electron chi connectivity index (χ0n) is 8.49. The first-order valence-electron chi connectivity index (χ1n) is 4.58. The van der Waals surface area contributed by atoms with Crippen molar-refractivity contribution in [2.75, 3.05) is 6.54 Å². The quantitative estimate of drug-likeness (QED) is 0.624. The van der Waals surface area contributed by atoms with Crippen LogP contribution >= 0.6 is 0 Å². The first-order valence-corrected chi connectivity index (χ1v) is 4.58. The van der Waals surface area contributed by atoms with Crippen molar-refractivity contribution < 1.29 is 4.79 Å². The third-order valence-electron chi connectivity index (χ3n) is 2.43. The van der Waals surface area contributed by atoms with Gasteiger partial charge in [0.15, 0.2) is 0 Å². The van der Waals surface area contributed by atoms with E-state index >= 15 is 0 Å². The van der Waals surface area contributed by atoms with E-state index in [9.17, 15) is 4.79 Å². The lowest BCUT2D eigenvalue weighted by Gasteiger charge is -2.16. The van der Waals surface area contributed by atoms with Crippen LogP contribution in [0.4, 0.5) is 0 Å². The summed E-state index contributed by atoms with van der Waals surface area (Å²) in [5.41, 5.74) is 1.94. The molecule has 1 aliphatic rings. The summed E-state index contributed by atoms with van der Waals surface area (Å²) < 4.78 is 0. The molecule has 0 aliphatic carbocycles. The van der Waals surface area contributed by atoms with Crippen molar-refractivity contribution in [3.63, 3.8) is 0 Å². The minimum atomic E-state index is -0.0800. The lowest BCUT2D eigenvalue weighted by Crippen LogP contribution is -2.26. The molecule has 0 saturated heterocycles. The molecule has 1 unspecified atom stereocenters. The van der Waals surface area contributed by atoms with Crippen molar-refractivity contribution >= 4 is 5.91 Å². The predicted molar refractivity (Wildman–Crippen MR) is 58.5 cm³/mol. The van der Waals surface area contributed by atoms with Crippen LogP contribution in [0.3, 0.4) is 0 Å². The van der Waals surface area contributed by atoms with Gasteiger partial charge >= 0.3 is 0 Å². The van der Waals surface area contributed by atoms with E-state index in [-0.39, 0.29) is 5.91 Å². The van der Waals surface area contributed by atoms with Gasteiger partial charge in [0.1, 0.15) is 0 Å². The van der Waals surface area contributed by atoms with Crippen LogP contribution in [-0.4, -0.2) is 17.4 Å². The molecule has 1 atom stereocenters. The summed E-state index contributed by atoms with van der Waals surface area (Å²) in [5, 5.41) is 0. The molecule has 0 aromatic heterocycles. The molecular weight excluding hydrogens is 174 g/mol. The fraction of sp³-hybridized carbons (Fsp3) is 0.250. The number of allylic oxidation sites excluding steroid dienone is 2. The maximum absolute atomic E-state index is 11.5. The van der Waals surface area contributed by atoms with Gasteiger partial charge in [0.05, 0.1) is 0 Å². The van der Waals surface area contributed by atoms with E-state index < -0.39 is 0 Å². The summed E-state index contributed by atoms with van der Waals surface area (Å²) in [6.07, 6.45) is 4.81. The van der Waals surface area contributed by atoms with Gasteiger partial charge in [0.2, 0.25) is 5.91 Å². The van der Waals surface area contributed by atoms with E-state index in [0.29, 0.717) is 12.5 Å². The van der Waals surface area contributed by atoms with Crippen LogP contribution in [0, 0.1) is 5.92 Å². The van der Waals surface area contributed by atoms with Crippen LogP contribution in [0.5, 0.6) is 0 Å². The van der Waals surface area contributed by atoms with Gasteiger partial charge < -0.3 is 4.90 Å². The van der Waals surface area contributed by atoms with E-state index in [4.69, 9.17) is 0 Å². The molecule has 14 heavy (non-hydrogen) atoms. The molecule has 1 aliphatic heterocycles. The molecule has 2 nitrogen and oxygen atoms in total. The molecule has 1 amide bonds. The van der Waals surface area contributed by atoms with Crippen molar-refractivity contribution in [2.24, 2.45) is 5.92 Å². The fourth-order valence-electron chi connectivity index (χ4n) is 1.73. The molecule has 0 saturated carbocycles. The molecule has 2 heteroatoms.